The molecule has 2 bridgehead atoms. The van der Waals surface area contributed by atoms with Gasteiger partial charge in [0.1, 0.15) is 5.75 Å². The van der Waals surface area contributed by atoms with Crippen LogP contribution < -0.4 is 4.74 Å². The quantitative estimate of drug-likeness (QED) is 0.503. The molecule has 5 rings (SSSR count). The van der Waals surface area contributed by atoms with Gasteiger partial charge in [-0.1, -0.05) is 55.0 Å². The van der Waals surface area contributed by atoms with E-state index in [4.69, 9.17) is 4.74 Å². The van der Waals surface area contributed by atoms with Crippen LogP contribution in [0.15, 0.2) is 66.7 Å². The molecule has 3 aromatic carbocycles. The summed E-state index contributed by atoms with van der Waals surface area (Å²) in [6, 6.07) is 23.9. The zero-order chi connectivity index (χ0) is 20.5. The second kappa shape index (κ2) is 8.23. The number of rotatable bonds is 5. The van der Waals surface area contributed by atoms with Crippen LogP contribution in [0.2, 0.25) is 0 Å². The van der Waals surface area contributed by atoms with Gasteiger partial charge in [0.05, 0.1) is 7.11 Å². The van der Waals surface area contributed by atoms with E-state index in [1.54, 1.807) is 7.11 Å². The lowest BCUT2D eigenvalue weighted by atomic mass is 9.75. The summed E-state index contributed by atoms with van der Waals surface area (Å²) in [5.74, 6) is 1.31. The lowest BCUT2D eigenvalue weighted by molar-refractivity contribution is 0.00907. The molecule has 0 spiro atoms. The van der Waals surface area contributed by atoms with Gasteiger partial charge in [0.15, 0.2) is 5.78 Å². The number of carbonyl (C=O) groups excluding carboxylic acids is 1. The van der Waals surface area contributed by atoms with Gasteiger partial charge in [0, 0.05) is 30.1 Å². The Kier molecular flexibility index (Phi) is 5.30. The number of carbonyl (C=O) groups is 1. The van der Waals surface area contributed by atoms with Crippen LogP contribution in [0, 0.1) is 5.92 Å². The Labute approximate surface area is 178 Å². The third kappa shape index (κ3) is 3.75. The Morgan fingerprint density at radius 1 is 0.933 bits per heavy atom. The standard InChI is InChI=1S/C27H29NO2/c1-30-26-13-12-20-14-22(11-10-21(20)17-26)27(29)23-15-24-8-5-9-25(16-23)28(24)18-19-6-3-2-4-7-19/h2-4,6-7,10-14,17,23-25H,5,8-9,15-16,18H2,1H3. The highest BCUT2D eigenvalue weighted by molar-refractivity contribution is 6.01. The van der Waals surface area contributed by atoms with Crippen molar-refractivity contribution in [2.24, 2.45) is 5.92 Å². The molecule has 2 atom stereocenters. The molecule has 2 aliphatic heterocycles. The van der Waals surface area contributed by atoms with E-state index in [-0.39, 0.29) is 5.92 Å². The minimum Gasteiger partial charge on any atom is -0.497 e. The molecule has 2 aliphatic rings. The van der Waals surface area contributed by atoms with E-state index in [2.05, 4.69) is 47.4 Å². The van der Waals surface area contributed by atoms with Crippen molar-refractivity contribution in [2.45, 2.75) is 50.7 Å². The normalized spacial score (nSPS) is 24.0. The largest absolute Gasteiger partial charge is 0.497 e. The fraction of sp³-hybridized carbons (Fsp3) is 0.370. The van der Waals surface area contributed by atoms with Gasteiger partial charge in [-0.25, -0.2) is 0 Å². The minimum absolute atomic E-state index is 0.142. The molecule has 2 unspecified atom stereocenters. The highest BCUT2D eigenvalue weighted by Gasteiger charge is 2.40. The third-order valence-electron chi connectivity index (χ3n) is 7.04. The first kappa shape index (κ1) is 19.3. The Hall–Kier alpha value is -2.65. The number of nitrogens with zero attached hydrogens (tertiary/aromatic N) is 1. The average Bonchev–Trinajstić information content (AvgIpc) is 2.78. The molecule has 0 amide bonds. The summed E-state index contributed by atoms with van der Waals surface area (Å²) in [7, 11) is 1.68. The van der Waals surface area contributed by atoms with Crippen molar-refractivity contribution >= 4 is 16.6 Å². The van der Waals surface area contributed by atoms with Crippen LogP contribution in [0.25, 0.3) is 10.8 Å². The van der Waals surface area contributed by atoms with Gasteiger partial charge < -0.3 is 4.74 Å². The topological polar surface area (TPSA) is 29.5 Å². The van der Waals surface area contributed by atoms with E-state index in [0.29, 0.717) is 17.9 Å². The summed E-state index contributed by atoms with van der Waals surface area (Å²) in [6.07, 6.45) is 5.69. The lowest BCUT2D eigenvalue weighted by Gasteiger charge is -2.48. The monoisotopic (exact) mass is 399 g/mol. The van der Waals surface area contributed by atoms with Crippen molar-refractivity contribution in [1.82, 2.24) is 4.90 Å². The van der Waals surface area contributed by atoms with Crippen LogP contribution in [0.5, 0.6) is 5.75 Å². The number of hydrogen-bond acceptors (Lipinski definition) is 3. The zero-order valence-electron chi connectivity index (χ0n) is 17.6. The van der Waals surface area contributed by atoms with Crippen molar-refractivity contribution in [3.05, 3.63) is 77.9 Å². The molecule has 3 nitrogen and oxygen atoms in total. The number of ketones is 1. The number of piperidine rings is 2. The van der Waals surface area contributed by atoms with Crippen LogP contribution in [0.3, 0.4) is 0 Å². The van der Waals surface area contributed by atoms with Gasteiger partial charge in [0.25, 0.3) is 0 Å². The summed E-state index contributed by atoms with van der Waals surface area (Å²) >= 11 is 0. The predicted octanol–water partition coefficient (Wildman–Crippen LogP) is 5.86. The summed E-state index contributed by atoms with van der Waals surface area (Å²) in [6.45, 7) is 1.01. The van der Waals surface area contributed by atoms with Crippen molar-refractivity contribution in [3.63, 3.8) is 0 Å². The third-order valence-corrected chi connectivity index (χ3v) is 7.04. The molecule has 2 fully saturated rings. The van der Waals surface area contributed by atoms with E-state index >= 15 is 0 Å². The Morgan fingerprint density at radius 3 is 2.37 bits per heavy atom. The van der Waals surface area contributed by atoms with Gasteiger partial charge >= 0.3 is 0 Å². The van der Waals surface area contributed by atoms with Gasteiger partial charge in [-0.2, -0.15) is 0 Å². The molecule has 0 saturated carbocycles. The molecule has 2 heterocycles. The average molecular weight is 400 g/mol. The van der Waals surface area contributed by atoms with Crippen LogP contribution in [-0.4, -0.2) is 29.9 Å². The molecular weight excluding hydrogens is 370 g/mol. The molecule has 0 radical (unpaired) electrons. The molecule has 3 heteroatoms. The van der Waals surface area contributed by atoms with Crippen LogP contribution in [-0.2, 0) is 6.54 Å². The zero-order valence-corrected chi connectivity index (χ0v) is 17.6. The van der Waals surface area contributed by atoms with Crippen LogP contribution >= 0.6 is 0 Å². The van der Waals surface area contributed by atoms with Crippen LogP contribution in [0.4, 0.5) is 0 Å². The Balaban J connectivity index is 1.34. The summed E-state index contributed by atoms with van der Waals surface area (Å²) in [4.78, 5) is 16.1. The van der Waals surface area contributed by atoms with Crippen molar-refractivity contribution < 1.29 is 9.53 Å². The number of methoxy groups -OCH3 is 1. The van der Waals surface area contributed by atoms with Crippen molar-refractivity contribution in [1.29, 1.82) is 0 Å². The number of benzene rings is 3. The fourth-order valence-electron chi connectivity index (χ4n) is 5.48. The molecular formula is C27H29NO2. The van der Waals surface area contributed by atoms with Gasteiger partial charge in [-0.05, 0) is 60.2 Å². The first-order valence-electron chi connectivity index (χ1n) is 11.1. The molecule has 3 aromatic rings. The van der Waals surface area contributed by atoms with E-state index in [1.165, 1.54) is 24.8 Å². The maximum absolute atomic E-state index is 13.4. The highest BCUT2D eigenvalue weighted by Crippen LogP contribution is 2.39. The maximum atomic E-state index is 13.4. The molecule has 30 heavy (non-hydrogen) atoms. The molecule has 154 valence electrons. The number of hydrogen-bond donors (Lipinski definition) is 0. The smallest absolute Gasteiger partial charge is 0.166 e. The number of fused-ring (bicyclic) bond motifs is 3. The Bertz CT molecular complexity index is 1030. The number of ether oxygens (including phenoxy) is 1. The first-order valence-corrected chi connectivity index (χ1v) is 11.1. The highest BCUT2D eigenvalue weighted by atomic mass is 16.5. The van der Waals surface area contributed by atoms with Gasteiger partial charge in [0.2, 0.25) is 0 Å². The lowest BCUT2D eigenvalue weighted by Crippen LogP contribution is -2.52. The van der Waals surface area contributed by atoms with Crippen LogP contribution in [0.1, 0.15) is 48.0 Å². The van der Waals surface area contributed by atoms with E-state index in [1.807, 2.05) is 24.3 Å². The van der Waals surface area contributed by atoms with E-state index in [9.17, 15) is 4.79 Å². The van der Waals surface area contributed by atoms with Crippen molar-refractivity contribution in [3.8, 4) is 5.75 Å². The predicted molar refractivity (Wildman–Crippen MR) is 121 cm³/mol. The van der Waals surface area contributed by atoms with E-state index < -0.39 is 0 Å². The van der Waals surface area contributed by atoms with Gasteiger partial charge in [-0.15, -0.1) is 0 Å². The molecule has 0 aromatic heterocycles. The summed E-state index contributed by atoms with van der Waals surface area (Å²) in [5.41, 5.74) is 2.23. The first-order chi connectivity index (χ1) is 14.7. The van der Waals surface area contributed by atoms with Gasteiger partial charge in [-0.3, -0.25) is 9.69 Å². The maximum Gasteiger partial charge on any atom is 0.166 e. The fourth-order valence-corrected chi connectivity index (χ4v) is 5.48. The van der Waals surface area contributed by atoms with Crippen molar-refractivity contribution in [2.75, 3.05) is 7.11 Å². The summed E-state index contributed by atoms with van der Waals surface area (Å²) < 4.78 is 5.32. The minimum atomic E-state index is 0.142. The van der Waals surface area contributed by atoms with E-state index in [0.717, 1.165) is 41.5 Å². The molecule has 0 aliphatic carbocycles. The molecule has 2 saturated heterocycles. The second-order valence-electron chi connectivity index (χ2n) is 8.86. The second-order valence-corrected chi connectivity index (χ2v) is 8.86. The molecule has 0 N–H and O–H groups in total. The SMILES string of the molecule is COc1ccc2cc(C(=O)C3CC4CCCC(C3)N4Cc3ccccc3)ccc2c1. The number of Topliss-reactive ketones (excluding diaryl/α,β-unsaturated/α-hetero) is 1. The Morgan fingerprint density at radius 2 is 1.63 bits per heavy atom. The summed E-state index contributed by atoms with van der Waals surface area (Å²) in [5, 5.41) is 2.21.